The van der Waals surface area contributed by atoms with Crippen LogP contribution in [0.4, 0.5) is 0 Å². The van der Waals surface area contributed by atoms with Crippen molar-refractivity contribution in [3.63, 3.8) is 0 Å². The molecule has 3 aromatic rings. The Morgan fingerprint density at radius 1 is 1.32 bits per heavy atom. The Morgan fingerprint density at radius 2 is 2.16 bits per heavy atom. The Hall–Kier alpha value is -3.29. The molecule has 1 N–H and O–H groups in total. The second-order valence-electron chi connectivity index (χ2n) is 5.76. The van der Waals surface area contributed by atoms with E-state index in [-0.39, 0.29) is 18.3 Å². The number of benzene rings is 1. The summed E-state index contributed by atoms with van der Waals surface area (Å²) in [5.41, 5.74) is 1.05. The van der Waals surface area contributed by atoms with Crippen LogP contribution >= 0.6 is 0 Å². The van der Waals surface area contributed by atoms with E-state index in [0.29, 0.717) is 23.6 Å². The van der Waals surface area contributed by atoms with Gasteiger partial charge in [0.1, 0.15) is 17.9 Å². The predicted octanol–water partition coefficient (Wildman–Crippen LogP) is 1.10. The van der Waals surface area contributed by atoms with E-state index in [9.17, 15) is 9.59 Å². The molecule has 0 saturated heterocycles. The molecule has 3 heterocycles. The Kier molecular flexibility index (Phi) is 3.64. The fraction of sp³-hybridized carbons (Fsp3) is 0.235. The summed E-state index contributed by atoms with van der Waals surface area (Å²) in [6, 6.07) is 8.21. The zero-order valence-electron chi connectivity index (χ0n) is 13.5. The summed E-state index contributed by atoms with van der Waals surface area (Å²) in [5, 5.41) is 6.89. The van der Waals surface area contributed by atoms with Gasteiger partial charge in [0.05, 0.1) is 0 Å². The lowest BCUT2D eigenvalue weighted by Crippen LogP contribution is -2.37. The Labute approximate surface area is 142 Å². The topological polar surface area (TPSA) is 86.9 Å². The standard InChI is InChI=1S/C17H16N4O4/c1-11(21-17(23)13-3-2-6-20(13)9-19-21)16(22)18-8-12-4-5-14-15(7-12)25-10-24-14/h2-7,9,11H,8,10H2,1H3,(H,18,22)/t11-/m1/s1. The zero-order valence-corrected chi connectivity index (χ0v) is 13.5. The molecule has 0 fully saturated rings. The van der Waals surface area contributed by atoms with Crippen LogP contribution in [0.1, 0.15) is 18.5 Å². The van der Waals surface area contributed by atoms with Crippen molar-refractivity contribution in [3.05, 3.63) is 58.8 Å². The van der Waals surface area contributed by atoms with Gasteiger partial charge in [0, 0.05) is 12.7 Å². The van der Waals surface area contributed by atoms with E-state index in [1.165, 1.54) is 11.0 Å². The van der Waals surface area contributed by atoms with Crippen LogP contribution in [-0.2, 0) is 11.3 Å². The molecule has 8 heteroatoms. The van der Waals surface area contributed by atoms with Crippen molar-refractivity contribution in [1.82, 2.24) is 19.5 Å². The first-order valence-electron chi connectivity index (χ1n) is 7.84. The van der Waals surface area contributed by atoms with E-state index in [1.54, 1.807) is 35.7 Å². The first-order valence-corrected chi connectivity index (χ1v) is 7.84. The molecule has 4 rings (SSSR count). The number of amides is 1. The van der Waals surface area contributed by atoms with E-state index >= 15 is 0 Å². The third-order valence-electron chi connectivity index (χ3n) is 4.16. The molecule has 8 nitrogen and oxygen atoms in total. The van der Waals surface area contributed by atoms with Crippen molar-refractivity contribution < 1.29 is 14.3 Å². The minimum Gasteiger partial charge on any atom is -0.454 e. The van der Waals surface area contributed by atoms with Crippen LogP contribution in [0.3, 0.4) is 0 Å². The molecule has 1 amide bonds. The van der Waals surface area contributed by atoms with Crippen molar-refractivity contribution in [2.24, 2.45) is 0 Å². The molecule has 0 unspecified atom stereocenters. The summed E-state index contributed by atoms with van der Waals surface area (Å²) >= 11 is 0. The van der Waals surface area contributed by atoms with Gasteiger partial charge in [-0.2, -0.15) is 5.10 Å². The largest absolute Gasteiger partial charge is 0.454 e. The summed E-state index contributed by atoms with van der Waals surface area (Å²) in [6.45, 7) is 2.17. The van der Waals surface area contributed by atoms with Gasteiger partial charge in [-0.15, -0.1) is 0 Å². The number of hydrogen-bond acceptors (Lipinski definition) is 5. The van der Waals surface area contributed by atoms with Crippen molar-refractivity contribution >= 4 is 11.4 Å². The van der Waals surface area contributed by atoms with Gasteiger partial charge in [-0.1, -0.05) is 6.07 Å². The zero-order chi connectivity index (χ0) is 17.4. The number of nitrogens with zero attached hydrogens (tertiary/aromatic N) is 3. The summed E-state index contributed by atoms with van der Waals surface area (Å²) in [5.74, 6) is 1.07. The van der Waals surface area contributed by atoms with E-state index in [2.05, 4.69) is 10.4 Å². The predicted molar refractivity (Wildman–Crippen MR) is 88.6 cm³/mol. The molecule has 1 aromatic carbocycles. The highest BCUT2D eigenvalue weighted by atomic mass is 16.7. The van der Waals surface area contributed by atoms with Crippen molar-refractivity contribution in [2.45, 2.75) is 19.5 Å². The van der Waals surface area contributed by atoms with Crippen LogP contribution in [0.2, 0.25) is 0 Å². The van der Waals surface area contributed by atoms with Crippen LogP contribution in [0.25, 0.3) is 5.52 Å². The van der Waals surface area contributed by atoms with Crippen LogP contribution in [-0.4, -0.2) is 26.9 Å². The average molecular weight is 340 g/mol. The quantitative estimate of drug-likeness (QED) is 0.769. The lowest BCUT2D eigenvalue weighted by Gasteiger charge is -2.14. The third kappa shape index (κ3) is 2.71. The highest BCUT2D eigenvalue weighted by Crippen LogP contribution is 2.32. The first-order chi connectivity index (χ1) is 12.1. The number of carbonyl (C=O) groups excluding carboxylic acids is 1. The Bertz CT molecular complexity index is 1010. The van der Waals surface area contributed by atoms with Crippen molar-refractivity contribution in [1.29, 1.82) is 0 Å². The summed E-state index contributed by atoms with van der Waals surface area (Å²) < 4.78 is 13.4. The van der Waals surface area contributed by atoms with Crippen LogP contribution in [0.15, 0.2) is 47.7 Å². The van der Waals surface area contributed by atoms with Crippen molar-refractivity contribution in [3.8, 4) is 11.5 Å². The molecule has 0 spiro atoms. The third-order valence-corrected chi connectivity index (χ3v) is 4.16. The lowest BCUT2D eigenvalue weighted by molar-refractivity contribution is -0.124. The van der Waals surface area contributed by atoms with Gasteiger partial charge in [0.15, 0.2) is 11.5 Å². The monoisotopic (exact) mass is 340 g/mol. The number of aromatic nitrogens is 3. The minimum atomic E-state index is -0.721. The van der Waals surface area contributed by atoms with Gasteiger partial charge < -0.3 is 19.2 Å². The number of fused-ring (bicyclic) bond motifs is 2. The molecular weight excluding hydrogens is 324 g/mol. The molecular formula is C17H16N4O4. The van der Waals surface area contributed by atoms with Gasteiger partial charge in [-0.3, -0.25) is 9.59 Å². The number of nitrogens with one attached hydrogen (secondary N) is 1. The van der Waals surface area contributed by atoms with Crippen molar-refractivity contribution in [2.75, 3.05) is 6.79 Å². The summed E-state index contributed by atoms with van der Waals surface area (Å²) in [7, 11) is 0. The fourth-order valence-corrected chi connectivity index (χ4v) is 2.73. The Balaban J connectivity index is 1.48. The maximum Gasteiger partial charge on any atom is 0.291 e. The number of hydrogen-bond donors (Lipinski definition) is 1. The maximum absolute atomic E-state index is 12.4. The highest BCUT2D eigenvalue weighted by Gasteiger charge is 2.19. The van der Waals surface area contributed by atoms with Crippen LogP contribution in [0.5, 0.6) is 11.5 Å². The molecule has 0 radical (unpaired) electrons. The number of ether oxygens (including phenoxy) is 2. The first kappa shape index (κ1) is 15.3. The lowest BCUT2D eigenvalue weighted by atomic mass is 10.2. The maximum atomic E-state index is 12.4. The van der Waals surface area contributed by atoms with Crippen LogP contribution < -0.4 is 20.3 Å². The normalized spacial score (nSPS) is 13.8. The SMILES string of the molecule is C[C@H](C(=O)NCc1ccc2c(c1)OCO2)n1ncn2cccc2c1=O. The second kappa shape index (κ2) is 5.97. The minimum absolute atomic E-state index is 0.207. The molecule has 0 saturated carbocycles. The smallest absolute Gasteiger partial charge is 0.291 e. The number of carbonyl (C=O) groups is 1. The molecule has 1 atom stereocenters. The van der Waals surface area contributed by atoms with Gasteiger partial charge in [0.25, 0.3) is 5.56 Å². The van der Waals surface area contributed by atoms with E-state index < -0.39 is 6.04 Å². The summed E-state index contributed by atoms with van der Waals surface area (Å²) in [6.07, 6.45) is 3.25. The molecule has 25 heavy (non-hydrogen) atoms. The van der Waals surface area contributed by atoms with Gasteiger partial charge in [-0.05, 0) is 36.8 Å². The van der Waals surface area contributed by atoms with E-state index in [4.69, 9.17) is 9.47 Å². The van der Waals surface area contributed by atoms with Gasteiger partial charge >= 0.3 is 0 Å². The average Bonchev–Trinajstić information content (AvgIpc) is 3.28. The summed E-state index contributed by atoms with van der Waals surface area (Å²) in [4.78, 5) is 24.8. The molecule has 2 aromatic heterocycles. The Morgan fingerprint density at radius 3 is 3.04 bits per heavy atom. The highest BCUT2D eigenvalue weighted by molar-refractivity contribution is 5.79. The molecule has 128 valence electrons. The van der Waals surface area contributed by atoms with Gasteiger partial charge in [0.2, 0.25) is 12.7 Å². The fourth-order valence-electron chi connectivity index (χ4n) is 2.73. The van der Waals surface area contributed by atoms with Crippen LogP contribution in [0, 0.1) is 0 Å². The molecule has 0 bridgehead atoms. The molecule has 1 aliphatic heterocycles. The van der Waals surface area contributed by atoms with Gasteiger partial charge in [-0.25, -0.2) is 4.68 Å². The second-order valence-corrected chi connectivity index (χ2v) is 5.76. The number of rotatable bonds is 4. The molecule has 1 aliphatic rings. The van der Waals surface area contributed by atoms with E-state index in [1.807, 2.05) is 12.1 Å². The molecule has 0 aliphatic carbocycles. The van der Waals surface area contributed by atoms with E-state index in [0.717, 1.165) is 5.56 Å².